The zero-order valence-corrected chi connectivity index (χ0v) is 27.6. The lowest BCUT2D eigenvalue weighted by Crippen LogP contribution is -2.12. The van der Waals surface area contributed by atoms with Gasteiger partial charge in [-0.05, 0) is 112 Å². The number of carbonyl (C=O) groups excluding carboxylic acids is 1. The van der Waals surface area contributed by atoms with Crippen LogP contribution in [0.4, 0.5) is 5.69 Å². The Kier molecular flexibility index (Phi) is 9.33. The highest BCUT2D eigenvalue weighted by Crippen LogP contribution is 2.40. The van der Waals surface area contributed by atoms with Crippen LogP contribution in [-0.2, 0) is 24.0 Å². The van der Waals surface area contributed by atoms with Gasteiger partial charge in [0.2, 0.25) is 0 Å². The number of nitrogens with zero attached hydrogens (tertiary/aromatic N) is 1. The number of hydrogen-bond donors (Lipinski definition) is 1. The fourth-order valence-electron chi connectivity index (χ4n) is 6.71. The van der Waals surface area contributed by atoms with Crippen LogP contribution in [0, 0.1) is 0 Å². The van der Waals surface area contributed by atoms with Crippen molar-refractivity contribution in [2.45, 2.75) is 57.8 Å². The van der Waals surface area contributed by atoms with Gasteiger partial charge >= 0.3 is 5.97 Å². The molecule has 1 saturated carbocycles. The zero-order chi connectivity index (χ0) is 32.9. The fraction of sp³-hybridized carbons (Fsp3) is 0.227. The minimum Gasteiger partial charge on any atom is -0.462 e. The van der Waals surface area contributed by atoms with Crippen LogP contribution < -0.4 is 5.73 Å². The Labute approximate surface area is 284 Å². The molecular weight excluding hydrogens is 588 g/mol. The van der Waals surface area contributed by atoms with Crippen molar-refractivity contribution < 1.29 is 9.53 Å². The number of nitrogens with two attached hydrogens (primary N) is 1. The first kappa shape index (κ1) is 31.4. The molecular formula is C44H42N2O2. The molecule has 3 aliphatic carbocycles. The predicted molar refractivity (Wildman–Crippen MR) is 196 cm³/mol. The van der Waals surface area contributed by atoms with Crippen LogP contribution in [0.1, 0.15) is 99.1 Å². The van der Waals surface area contributed by atoms with Crippen molar-refractivity contribution >= 4 is 22.8 Å². The van der Waals surface area contributed by atoms with Gasteiger partial charge in [-0.15, -0.1) is 0 Å². The number of allylic oxidation sites excluding steroid dienone is 2. The molecule has 5 aromatic rings. The van der Waals surface area contributed by atoms with Crippen molar-refractivity contribution in [1.29, 1.82) is 0 Å². The van der Waals surface area contributed by atoms with E-state index in [2.05, 4.69) is 104 Å². The van der Waals surface area contributed by atoms with Gasteiger partial charge in [0.05, 0.1) is 17.9 Å². The molecule has 0 spiro atoms. The third kappa shape index (κ3) is 7.03. The van der Waals surface area contributed by atoms with Gasteiger partial charge in [0, 0.05) is 18.3 Å². The first-order valence-electron chi connectivity index (χ1n) is 17.3. The van der Waals surface area contributed by atoms with Crippen molar-refractivity contribution in [1.82, 2.24) is 4.98 Å². The molecule has 0 atom stereocenters. The largest absolute Gasteiger partial charge is 0.462 e. The second-order valence-corrected chi connectivity index (χ2v) is 13.0. The molecule has 0 bridgehead atoms. The average molecular weight is 631 g/mol. The first-order chi connectivity index (χ1) is 23.6. The van der Waals surface area contributed by atoms with Crippen LogP contribution in [0.2, 0.25) is 0 Å². The summed E-state index contributed by atoms with van der Waals surface area (Å²) >= 11 is 0. The van der Waals surface area contributed by atoms with E-state index < -0.39 is 0 Å². The van der Waals surface area contributed by atoms with Gasteiger partial charge in [-0.2, -0.15) is 0 Å². The molecule has 48 heavy (non-hydrogen) atoms. The molecule has 0 amide bonds. The summed E-state index contributed by atoms with van der Waals surface area (Å²) in [5.74, 6) is 0.318. The Balaban J connectivity index is 0.000000190. The number of rotatable bonds is 9. The molecule has 0 aliphatic heterocycles. The van der Waals surface area contributed by atoms with Crippen molar-refractivity contribution in [3.8, 4) is 0 Å². The molecule has 2 N–H and O–H groups in total. The standard InChI is InChI=1S/C29H29NO2.C15H13N/c1-2-3-15-32-29(31)27-18-24(21-10-11-21)19-30-28(27)17-20-9-13-26-23(16-20)12-14-25(26)22-7-5-4-6-8-22;16-13-7-9-15-12(10-13)6-8-14(15)11-4-2-1-3-5-11/h4-9,13-14,16,18-19,21H,2-3,10-12,15,17H2,1H3;1-5,7-10H,6,16H2. The van der Waals surface area contributed by atoms with Gasteiger partial charge in [0.15, 0.2) is 0 Å². The summed E-state index contributed by atoms with van der Waals surface area (Å²) < 4.78 is 5.55. The third-order valence-corrected chi connectivity index (χ3v) is 9.46. The van der Waals surface area contributed by atoms with E-state index in [9.17, 15) is 4.79 Å². The quantitative estimate of drug-likeness (QED) is 0.100. The second-order valence-electron chi connectivity index (χ2n) is 13.0. The number of esters is 1. The smallest absolute Gasteiger partial charge is 0.340 e. The lowest BCUT2D eigenvalue weighted by atomic mass is 9.95. The number of nitrogen functional groups attached to an aromatic ring is 1. The van der Waals surface area contributed by atoms with Gasteiger partial charge in [0.25, 0.3) is 0 Å². The van der Waals surface area contributed by atoms with Gasteiger partial charge in [-0.3, -0.25) is 4.98 Å². The predicted octanol–water partition coefficient (Wildman–Crippen LogP) is 9.75. The number of hydrogen-bond acceptors (Lipinski definition) is 4. The Bertz CT molecular complexity index is 1990. The molecule has 240 valence electrons. The maximum Gasteiger partial charge on any atom is 0.340 e. The summed E-state index contributed by atoms with van der Waals surface area (Å²) in [6.07, 6.45) is 13.4. The monoisotopic (exact) mass is 630 g/mol. The van der Waals surface area contributed by atoms with E-state index in [-0.39, 0.29) is 5.97 Å². The molecule has 1 fully saturated rings. The number of pyridine rings is 1. The van der Waals surface area contributed by atoms with Crippen molar-refractivity contribution in [2.24, 2.45) is 0 Å². The van der Waals surface area contributed by atoms with E-state index in [0.717, 1.165) is 37.1 Å². The highest BCUT2D eigenvalue weighted by Gasteiger charge is 2.26. The molecule has 1 heterocycles. The molecule has 0 saturated heterocycles. The minimum atomic E-state index is -0.238. The summed E-state index contributed by atoms with van der Waals surface area (Å²) in [5, 5.41) is 0. The molecule has 3 aliphatic rings. The van der Waals surface area contributed by atoms with Gasteiger partial charge in [0.1, 0.15) is 0 Å². The Hall–Kier alpha value is -5.22. The molecule has 1 aromatic heterocycles. The van der Waals surface area contributed by atoms with Crippen LogP contribution in [-0.4, -0.2) is 17.6 Å². The highest BCUT2D eigenvalue weighted by molar-refractivity contribution is 5.91. The van der Waals surface area contributed by atoms with Crippen LogP contribution in [0.5, 0.6) is 0 Å². The van der Waals surface area contributed by atoms with E-state index in [1.807, 2.05) is 24.4 Å². The number of carbonyl (C=O) groups is 1. The van der Waals surface area contributed by atoms with Gasteiger partial charge in [-0.1, -0.05) is 110 Å². The van der Waals surface area contributed by atoms with Crippen LogP contribution in [0.25, 0.3) is 11.1 Å². The highest BCUT2D eigenvalue weighted by atomic mass is 16.5. The van der Waals surface area contributed by atoms with E-state index in [4.69, 9.17) is 15.5 Å². The average Bonchev–Trinajstić information content (AvgIpc) is 3.76. The van der Waals surface area contributed by atoms with Crippen molar-refractivity contribution in [2.75, 3.05) is 12.3 Å². The number of anilines is 1. The van der Waals surface area contributed by atoms with Crippen molar-refractivity contribution in [3.05, 3.63) is 177 Å². The number of aromatic nitrogens is 1. The topological polar surface area (TPSA) is 65.2 Å². The van der Waals surface area contributed by atoms with Gasteiger partial charge in [-0.25, -0.2) is 4.79 Å². The van der Waals surface area contributed by atoms with Crippen LogP contribution in [0.3, 0.4) is 0 Å². The number of ether oxygens (including phenoxy) is 1. The summed E-state index contributed by atoms with van der Waals surface area (Å²) in [6.45, 7) is 2.57. The number of fused-ring (bicyclic) bond motifs is 2. The second kappa shape index (κ2) is 14.3. The molecule has 4 aromatic carbocycles. The van der Waals surface area contributed by atoms with Crippen LogP contribution >= 0.6 is 0 Å². The SMILES string of the molecule is CCCCOC(=O)c1cc(C2CC2)cnc1Cc1ccc2c(c1)CC=C2c1ccccc1.Nc1ccc2c(c1)CC=C2c1ccccc1. The minimum absolute atomic E-state index is 0.238. The summed E-state index contributed by atoms with van der Waals surface area (Å²) in [4.78, 5) is 17.6. The Morgan fingerprint density at radius 2 is 1.42 bits per heavy atom. The Morgan fingerprint density at radius 3 is 2.04 bits per heavy atom. The van der Waals surface area contributed by atoms with Crippen LogP contribution in [0.15, 0.2) is 121 Å². The molecule has 0 radical (unpaired) electrons. The van der Waals surface area contributed by atoms with E-state index >= 15 is 0 Å². The maximum absolute atomic E-state index is 12.8. The normalized spacial score (nSPS) is 14.3. The lowest BCUT2D eigenvalue weighted by Gasteiger charge is -2.12. The number of unbranched alkanes of at least 4 members (excludes halogenated alkanes) is 1. The van der Waals surface area contributed by atoms with Crippen molar-refractivity contribution in [3.63, 3.8) is 0 Å². The molecule has 0 unspecified atom stereocenters. The lowest BCUT2D eigenvalue weighted by molar-refractivity contribution is 0.0498. The maximum atomic E-state index is 12.8. The number of benzene rings is 4. The van der Waals surface area contributed by atoms with E-state index in [0.29, 0.717) is 24.5 Å². The third-order valence-electron chi connectivity index (χ3n) is 9.46. The summed E-state index contributed by atoms with van der Waals surface area (Å²) in [7, 11) is 0. The van der Waals surface area contributed by atoms with Gasteiger partial charge < -0.3 is 10.5 Å². The van der Waals surface area contributed by atoms with E-state index in [1.165, 1.54) is 68.5 Å². The molecule has 8 rings (SSSR count). The fourth-order valence-corrected chi connectivity index (χ4v) is 6.71. The summed E-state index contributed by atoms with van der Waals surface area (Å²) in [5.41, 5.74) is 20.9. The zero-order valence-electron chi connectivity index (χ0n) is 27.6. The first-order valence-corrected chi connectivity index (χ1v) is 17.3. The van der Waals surface area contributed by atoms with E-state index in [1.54, 1.807) is 0 Å². The molecule has 4 nitrogen and oxygen atoms in total. The summed E-state index contributed by atoms with van der Waals surface area (Å²) in [6, 6.07) is 35.9. The Morgan fingerprint density at radius 1 is 0.792 bits per heavy atom. The molecule has 4 heteroatoms.